The van der Waals surface area contributed by atoms with Crippen LogP contribution in [0.2, 0.25) is 0 Å². The molecule has 112 valence electrons. The summed E-state index contributed by atoms with van der Waals surface area (Å²) in [7, 11) is 0. The highest BCUT2D eigenvalue weighted by atomic mass is 16.2. The lowest BCUT2D eigenvalue weighted by Crippen LogP contribution is -2.36. The maximum absolute atomic E-state index is 11.6. The van der Waals surface area contributed by atoms with Crippen molar-refractivity contribution in [2.24, 2.45) is 5.92 Å². The van der Waals surface area contributed by atoms with Gasteiger partial charge in [-0.3, -0.25) is 14.3 Å². The molecule has 1 rings (SSSR count). The Morgan fingerprint density at radius 1 is 1.25 bits per heavy atom. The molecule has 0 unspecified atom stereocenters. The molecule has 0 spiro atoms. The predicted molar refractivity (Wildman–Crippen MR) is 77.2 cm³/mol. The highest BCUT2D eigenvalue weighted by molar-refractivity contribution is 5.78. The van der Waals surface area contributed by atoms with Gasteiger partial charge in [-0.05, 0) is 19.9 Å². The minimum Gasteiger partial charge on any atom is -0.354 e. The van der Waals surface area contributed by atoms with E-state index in [1.165, 1.54) is 0 Å². The van der Waals surface area contributed by atoms with Crippen LogP contribution >= 0.6 is 0 Å². The molecule has 1 aromatic rings. The van der Waals surface area contributed by atoms with E-state index in [-0.39, 0.29) is 17.7 Å². The van der Waals surface area contributed by atoms with E-state index in [0.29, 0.717) is 26.1 Å². The summed E-state index contributed by atoms with van der Waals surface area (Å²) in [6.45, 7) is 9.06. The Balaban J connectivity index is 2.18. The normalized spacial score (nSPS) is 10.7. The highest BCUT2D eigenvalue weighted by Crippen LogP contribution is 2.02. The average molecular weight is 280 g/mol. The molecule has 0 saturated carbocycles. The summed E-state index contributed by atoms with van der Waals surface area (Å²) >= 11 is 0. The molecule has 0 aromatic carbocycles. The second kappa shape index (κ2) is 7.67. The molecular weight excluding hydrogens is 256 g/mol. The Hall–Kier alpha value is -1.85. The van der Waals surface area contributed by atoms with Crippen molar-refractivity contribution in [2.45, 2.75) is 40.7 Å². The maximum atomic E-state index is 11.6. The smallest absolute Gasteiger partial charge is 0.222 e. The second-order valence-electron chi connectivity index (χ2n) is 5.20. The molecule has 0 fully saturated rings. The van der Waals surface area contributed by atoms with Crippen LogP contribution in [0.5, 0.6) is 0 Å². The highest BCUT2D eigenvalue weighted by Gasteiger charge is 2.07. The Kier molecular flexibility index (Phi) is 6.21. The molecule has 0 aliphatic rings. The van der Waals surface area contributed by atoms with Gasteiger partial charge in [0.15, 0.2) is 0 Å². The van der Waals surface area contributed by atoms with Crippen molar-refractivity contribution < 1.29 is 9.59 Å². The van der Waals surface area contributed by atoms with Gasteiger partial charge in [-0.15, -0.1) is 0 Å². The van der Waals surface area contributed by atoms with E-state index in [4.69, 9.17) is 0 Å². The summed E-state index contributed by atoms with van der Waals surface area (Å²) in [4.78, 5) is 23.0. The Labute approximate surface area is 119 Å². The van der Waals surface area contributed by atoms with E-state index in [0.717, 1.165) is 11.4 Å². The molecule has 2 amide bonds. The number of rotatable bonds is 7. The fraction of sp³-hybridized carbons (Fsp3) is 0.643. The molecule has 0 saturated heterocycles. The van der Waals surface area contributed by atoms with Crippen molar-refractivity contribution in [1.29, 1.82) is 0 Å². The van der Waals surface area contributed by atoms with Gasteiger partial charge < -0.3 is 10.6 Å². The third-order valence-corrected chi connectivity index (χ3v) is 2.92. The van der Waals surface area contributed by atoms with Crippen LogP contribution in [0.25, 0.3) is 0 Å². The van der Waals surface area contributed by atoms with Crippen molar-refractivity contribution >= 4 is 11.8 Å². The van der Waals surface area contributed by atoms with Crippen LogP contribution in [0.4, 0.5) is 0 Å². The lowest BCUT2D eigenvalue weighted by molar-refractivity contribution is -0.124. The Morgan fingerprint density at radius 2 is 1.90 bits per heavy atom. The first-order valence-electron chi connectivity index (χ1n) is 6.95. The first-order valence-corrected chi connectivity index (χ1v) is 6.95. The molecule has 0 bridgehead atoms. The van der Waals surface area contributed by atoms with Crippen LogP contribution in [0, 0.1) is 19.8 Å². The fourth-order valence-corrected chi connectivity index (χ4v) is 1.79. The van der Waals surface area contributed by atoms with Gasteiger partial charge >= 0.3 is 0 Å². The molecule has 0 radical (unpaired) electrons. The molecule has 0 aliphatic carbocycles. The van der Waals surface area contributed by atoms with Crippen LogP contribution in [0.1, 0.15) is 31.7 Å². The van der Waals surface area contributed by atoms with Crippen molar-refractivity contribution in [1.82, 2.24) is 20.4 Å². The Morgan fingerprint density at radius 3 is 2.45 bits per heavy atom. The molecule has 6 nitrogen and oxygen atoms in total. The number of aryl methyl sites for hydroxylation is 3. The lowest BCUT2D eigenvalue weighted by Gasteiger charge is -2.09. The van der Waals surface area contributed by atoms with E-state index in [9.17, 15) is 9.59 Å². The zero-order valence-corrected chi connectivity index (χ0v) is 12.7. The van der Waals surface area contributed by atoms with Crippen LogP contribution in [0.3, 0.4) is 0 Å². The van der Waals surface area contributed by atoms with Gasteiger partial charge in [0.1, 0.15) is 0 Å². The van der Waals surface area contributed by atoms with E-state index in [1.54, 1.807) is 0 Å². The molecule has 0 atom stereocenters. The van der Waals surface area contributed by atoms with Gasteiger partial charge in [0, 0.05) is 37.7 Å². The average Bonchev–Trinajstić information content (AvgIpc) is 2.70. The third kappa shape index (κ3) is 5.42. The zero-order valence-electron chi connectivity index (χ0n) is 12.7. The zero-order chi connectivity index (χ0) is 15.1. The van der Waals surface area contributed by atoms with Crippen molar-refractivity contribution in [3.05, 3.63) is 17.5 Å². The third-order valence-electron chi connectivity index (χ3n) is 2.92. The number of aromatic nitrogens is 2. The van der Waals surface area contributed by atoms with E-state index in [1.807, 2.05) is 38.4 Å². The predicted octanol–water partition coefficient (Wildman–Crippen LogP) is 0.778. The standard InChI is InChI=1S/C14H24N4O2/c1-10(2)14(20)16-7-6-15-13(19)5-8-18-12(4)9-11(3)17-18/h9-10H,5-8H2,1-4H3,(H,15,19)(H,16,20). The summed E-state index contributed by atoms with van der Waals surface area (Å²) in [5.74, 6) is -0.0602. The lowest BCUT2D eigenvalue weighted by atomic mass is 10.2. The molecule has 0 aliphatic heterocycles. The largest absolute Gasteiger partial charge is 0.354 e. The summed E-state index contributed by atoms with van der Waals surface area (Å²) in [6.07, 6.45) is 0.389. The van der Waals surface area contributed by atoms with Gasteiger partial charge in [-0.25, -0.2) is 0 Å². The molecule has 6 heteroatoms. The number of nitrogens with one attached hydrogen (secondary N) is 2. The topological polar surface area (TPSA) is 76.0 Å². The van der Waals surface area contributed by atoms with Gasteiger partial charge in [-0.2, -0.15) is 5.10 Å². The van der Waals surface area contributed by atoms with Crippen molar-refractivity contribution in [2.75, 3.05) is 13.1 Å². The van der Waals surface area contributed by atoms with Crippen LogP contribution in [-0.4, -0.2) is 34.7 Å². The maximum Gasteiger partial charge on any atom is 0.222 e. The number of nitrogens with zero attached hydrogens (tertiary/aromatic N) is 2. The molecule has 1 aromatic heterocycles. The molecular formula is C14H24N4O2. The number of carbonyl (C=O) groups excluding carboxylic acids is 2. The summed E-state index contributed by atoms with van der Waals surface area (Å²) < 4.78 is 1.83. The van der Waals surface area contributed by atoms with Crippen LogP contribution in [-0.2, 0) is 16.1 Å². The summed E-state index contributed by atoms with van der Waals surface area (Å²) in [5, 5.41) is 9.83. The second-order valence-corrected chi connectivity index (χ2v) is 5.20. The van der Waals surface area contributed by atoms with Gasteiger partial charge in [0.2, 0.25) is 11.8 Å². The SMILES string of the molecule is Cc1cc(C)n(CCC(=O)NCCNC(=O)C(C)C)n1. The van der Waals surface area contributed by atoms with Crippen molar-refractivity contribution in [3.8, 4) is 0 Å². The minimum atomic E-state index is -0.0312. The minimum absolute atomic E-state index is 0.00175. The molecule has 20 heavy (non-hydrogen) atoms. The van der Waals surface area contributed by atoms with E-state index in [2.05, 4.69) is 15.7 Å². The van der Waals surface area contributed by atoms with Gasteiger partial charge in [0.25, 0.3) is 0 Å². The first-order chi connectivity index (χ1) is 9.40. The number of amides is 2. The number of hydrogen-bond acceptors (Lipinski definition) is 3. The monoisotopic (exact) mass is 280 g/mol. The number of carbonyl (C=O) groups is 2. The molecule has 1 heterocycles. The van der Waals surface area contributed by atoms with Gasteiger partial charge in [0.05, 0.1) is 5.69 Å². The van der Waals surface area contributed by atoms with Crippen LogP contribution < -0.4 is 10.6 Å². The first kappa shape index (κ1) is 16.2. The molecule has 2 N–H and O–H groups in total. The summed E-state index contributed by atoms with van der Waals surface area (Å²) in [6, 6.07) is 1.99. The Bertz CT molecular complexity index is 466. The van der Waals surface area contributed by atoms with Crippen LogP contribution in [0.15, 0.2) is 6.07 Å². The van der Waals surface area contributed by atoms with E-state index >= 15 is 0 Å². The van der Waals surface area contributed by atoms with Crippen molar-refractivity contribution in [3.63, 3.8) is 0 Å². The quantitative estimate of drug-likeness (QED) is 0.725. The van der Waals surface area contributed by atoms with E-state index < -0.39 is 0 Å². The fourth-order valence-electron chi connectivity index (χ4n) is 1.79. The number of hydrogen-bond donors (Lipinski definition) is 2. The van der Waals surface area contributed by atoms with Gasteiger partial charge in [-0.1, -0.05) is 13.8 Å². The summed E-state index contributed by atoms with van der Waals surface area (Å²) in [5.41, 5.74) is 2.01.